The summed E-state index contributed by atoms with van der Waals surface area (Å²) in [4.78, 5) is 3.52. The zero-order valence-electron chi connectivity index (χ0n) is 20.0. The molecule has 5 rings (SSSR count). The highest BCUT2D eigenvalue weighted by molar-refractivity contribution is 5.90. The quantitative estimate of drug-likeness (QED) is 0.247. The summed E-state index contributed by atoms with van der Waals surface area (Å²) in [5, 5.41) is 13.4. The Labute approximate surface area is 197 Å². The normalized spacial score (nSPS) is 15.0. The summed E-state index contributed by atoms with van der Waals surface area (Å²) in [6, 6.07) is 13.5. The highest BCUT2D eigenvalue weighted by atomic mass is 14.9. The molecule has 1 saturated heterocycles. The first kappa shape index (κ1) is 22.1. The summed E-state index contributed by atoms with van der Waals surface area (Å²) >= 11 is 0. The molecule has 4 N–H and O–H groups in total. The maximum absolute atomic E-state index is 3.65. The van der Waals surface area contributed by atoms with Crippen LogP contribution in [0.15, 0.2) is 48.8 Å². The van der Waals surface area contributed by atoms with Gasteiger partial charge in [-0.2, -0.15) is 0 Å². The molecule has 1 fully saturated rings. The van der Waals surface area contributed by atoms with Crippen LogP contribution in [0, 0.1) is 0 Å². The average molecular weight is 444 g/mol. The lowest BCUT2D eigenvalue weighted by Gasteiger charge is -2.22. The highest BCUT2D eigenvalue weighted by Crippen LogP contribution is 2.33. The van der Waals surface area contributed by atoms with Gasteiger partial charge in [-0.3, -0.25) is 0 Å². The Hall–Kier alpha value is -2.76. The van der Waals surface area contributed by atoms with Crippen molar-refractivity contribution in [1.29, 1.82) is 0 Å². The SMILES string of the molecule is CCCNCCCc1cn(C)c2ccc(Nc3ccc4c(C5CCNCC5)c[nH]c4c3)cc12. The molecule has 0 saturated carbocycles. The Balaban J connectivity index is 1.33. The summed E-state index contributed by atoms with van der Waals surface area (Å²) in [7, 11) is 2.15. The molecule has 0 aliphatic carbocycles. The van der Waals surface area contributed by atoms with E-state index in [4.69, 9.17) is 0 Å². The van der Waals surface area contributed by atoms with Crippen LogP contribution in [0.2, 0.25) is 0 Å². The van der Waals surface area contributed by atoms with Gasteiger partial charge in [0, 0.05) is 52.6 Å². The van der Waals surface area contributed by atoms with Gasteiger partial charge in [0.1, 0.15) is 0 Å². The Morgan fingerprint density at radius 1 is 1.00 bits per heavy atom. The van der Waals surface area contributed by atoms with Crippen molar-refractivity contribution >= 4 is 33.2 Å². The molecule has 1 aliphatic heterocycles. The second kappa shape index (κ2) is 10.0. The first-order chi connectivity index (χ1) is 16.2. The minimum Gasteiger partial charge on any atom is -0.361 e. The Kier molecular flexibility index (Phi) is 6.70. The van der Waals surface area contributed by atoms with E-state index in [1.165, 1.54) is 58.6 Å². The standard InChI is InChI=1S/C28H37N5/c1-3-12-29-13-4-5-21-19-33(2)28-9-7-22(16-25(21)28)32-23-6-8-24-26(18-31-27(24)17-23)20-10-14-30-15-11-20/h6-9,16-20,29-32H,3-5,10-15H2,1-2H3. The Bertz CT molecular complexity index is 1210. The van der Waals surface area contributed by atoms with Gasteiger partial charge in [-0.05, 0) is 106 Å². The smallest absolute Gasteiger partial charge is 0.0482 e. The second-order valence-electron chi connectivity index (χ2n) is 9.50. The van der Waals surface area contributed by atoms with Gasteiger partial charge in [0.15, 0.2) is 0 Å². The number of fused-ring (bicyclic) bond motifs is 2. The molecule has 0 atom stereocenters. The Morgan fingerprint density at radius 3 is 2.67 bits per heavy atom. The number of benzene rings is 2. The van der Waals surface area contributed by atoms with Crippen LogP contribution in [0.4, 0.5) is 11.4 Å². The van der Waals surface area contributed by atoms with Gasteiger partial charge in [-0.25, -0.2) is 0 Å². The van der Waals surface area contributed by atoms with Crippen molar-refractivity contribution in [2.24, 2.45) is 7.05 Å². The summed E-state index contributed by atoms with van der Waals surface area (Å²) in [6.07, 6.45) is 10.4. The van der Waals surface area contributed by atoms with E-state index in [9.17, 15) is 0 Å². The average Bonchev–Trinajstić information content (AvgIpc) is 3.40. The van der Waals surface area contributed by atoms with E-state index in [2.05, 4.69) is 88.3 Å². The lowest BCUT2D eigenvalue weighted by Crippen LogP contribution is -2.26. The van der Waals surface area contributed by atoms with Gasteiger partial charge in [-0.1, -0.05) is 13.0 Å². The van der Waals surface area contributed by atoms with Gasteiger partial charge in [0.2, 0.25) is 0 Å². The topological polar surface area (TPSA) is 56.8 Å². The van der Waals surface area contributed by atoms with Gasteiger partial charge in [-0.15, -0.1) is 0 Å². The van der Waals surface area contributed by atoms with E-state index in [-0.39, 0.29) is 0 Å². The molecule has 5 heteroatoms. The molecule has 1 aliphatic rings. The first-order valence-corrected chi connectivity index (χ1v) is 12.6. The molecular formula is C28H37N5. The molecule has 3 heterocycles. The minimum atomic E-state index is 0.662. The fourth-order valence-corrected chi connectivity index (χ4v) is 5.32. The predicted octanol–water partition coefficient (Wildman–Crippen LogP) is 5.80. The predicted molar refractivity (Wildman–Crippen MR) is 141 cm³/mol. The van der Waals surface area contributed by atoms with E-state index in [0.717, 1.165) is 44.0 Å². The third-order valence-electron chi connectivity index (χ3n) is 7.08. The molecule has 33 heavy (non-hydrogen) atoms. The fraction of sp³-hybridized carbons (Fsp3) is 0.429. The molecule has 5 nitrogen and oxygen atoms in total. The van der Waals surface area contributed by atoms with E-state index >= 15 is 0 Å². The fourth-order valence-electron chi connectivity index (χ4n) is 5.32. The molecule has 0 bridgehead atoms. The number of nitrogens with zero attached hydrogens (tertiary/aromatic N) is 1. The van der Waals surface area contributed by atoms with Gasteiger partial charge < -0.3 is 25.5 Å². The molecule has 2 aromatic carbocycles. The van der Waals surface area contributed by atoms with E-state index in [1.54, 1.807) is 0 Å². The van der Waals surface area contributed by atoms with Crippen LogP contribution in [0.1, 0.15) is 49.7 Å². The van der Waals surface area contributed by atoms with E-state index in [1.807, 2.05) is 0 Å². The molecular weight excluding hydrogens is 406 g/mol. The molecule has 0 radical (unpaired) electrons. The third kappa shape index (κ3) is 4.80. The van der Waals surface area contributed by atoms with Crippen molar-refractivity contribution < 1.29 is 0 Å². The van der Waals surface area contributed by atoms with Crippen LogP contribution >= 0.6 is 0 Å². The number of piperidine rings is 1. The number of anilines is 2. The van der Waals surface area contributed by atoms with Crippen LogP contribution in [-0.4, -0.2) is 35.7 Å². The largest absolute Gasteiger partial charge is 0.361 e. The zero-order valence-corrected chi connectivity index (χ0v) is 20.0. The van der Waals surface area contributed by atoms with E-state index < -0.39 is 0 Å². The molecule has 4 aromatic rings. The number of aromatic amines is 1. The van der Waals surface area contributed by atoms with Crippen molar-refractivity contribution in [2.45, 2.75) is 44.9 Å². The van der Waals surface area contributed by atoms with E-state index in [0.29, 0.717) is 5.92 Å². The zero-order chi connectivity index (χ0) is 22.6. The van der Waals surface area contributed by atoms with Crippen LogP contribution in [0.5, 0.6) is 0 Å². The first-order valence-electron chi connectivity index (χ1n) is 12.6. The summed E-state index contributed by atoms with van der Waals surface area (Å²) in [6.45, 7) is 6.64. The summed E-state index contributed by atoms with van der Waals surface area (Å²) in [5.41, 5.74) is 7.69. The number of rotatable bonds is 9. The van der Waals surface area contributed by atoms with Gasteiger partial charge in [0.05, 0.1) is 0 Å². The van der Waals surface area contributed by atoms with Crippen LogP contribution in [-0.2, 0) is 13.5 Å². The van der Waals surface area contributed by atoms with Crippen molar-refractivity contribution in [3.8, 4) is 0 Å². The van der Waals surface area contributed by atoms with Crippen LogP contribution in [0.3, 0.4) is 0 Å². The second-order valence-corrected chi connectivity index (χ2v) is 9.50. The van der Waals surface area contributed by atoms with Gasteiger partial charge >= 0.3 is 0 Å². The van der Waals surface area contributed by atoms with Gasteiger partial charge in [0.25, 0.3) is 0 Å². The monoisotopic (exact) mass is 443 g/mol. The number of aryl methyl sites for hydroxylation is 2. The van der Waals surface area contributed by atoms with Crippen molar-refractivity contribution in [3.05, 3.63) is 59.9 Å². The van der Waals surface area contributed by atoms with Crippen molar-refractivity contribution in [3.63, 3.8) is 0 Å². The van der Waals surface area contributed by atoms with Crippen LogP contribution in [0.25, 0.3) is 21.8 Å². The molecule has 0 unspecified atom stereocenters. The molecule has 174 valence electrons. The summed E-state index contributed by atoms with van der Waals surface area (Å²) in [5.74, 6) is 0.662. The molecule has 0 spiro atoms. The molecule has 0 amide bonds. The Morgan fingerprint density at radius 2 is 1.82 bits per heavy atom. The lowest BCUT2D eigenvalue weighted by molar-refractivity contribution is 0.462. The number of nitrogens with one attached hydrogen (secondary N) is 4. The summed E-state index contributed by atoms with van der Waals surface area (Å²) < 4.78 is 2.25. The molecule has 2 aromatic heterocycles. The van der Waals surface area contributed by atoms with Crippen LogP contribution < -0.4 is 16.0 Å². The van der Waals surface area contributed by atoms with Crippen molar-refractivity contribution in [2.75, 3.05) is 31.5 Å². The number of aromatic nitrogens is 2. The van der Waals surface area contributed by atoms with Crippen molar-refractivity contribution in [1.82, 2.24) is 20.2 Å². The maximum atomic E-state index is 3.65. The maximum Gasteiger partial charge on any atom is 0.0482 e. The number of H-pyrrole nitrogens is 1. The lowest BCUT2D eigenvalue weighted by atomic mass is 9.90. The third-order valence-corrected chi connectivity index (χ3v) is 7.08. The minimum absolute atomic E-state index is 0.662. The highest BCUT2D eigenvalue weighted by Gasteiger charge is 2.18. The number of hydrogen-bond acceptors (Lipinski definition) is 3. The number of hydrogen-bond donors (Lipinski definition) is 4.